The lowest BCUT2D eigenvalue weighted by molar-refractivity contribution is -0.276. The highest BCUT2D eigenvalue weighted by Crippen LogP contribution is 2.38. The Kier molecular flexibility index (Phi) is 4.67. The Morgan fingerprint density at radius 2 is 1.79 bits per heavy atom. The molecule has 1 N–H and O–H groups in total. The Hall–Kier alpha value is -1.03. The minimum atomic E-state index is -5.27. The number of aliphatic hydroxyl groups excluding tert-OH is 1. The zero-order valence-corrected chi connectivity index (χ0v) is 10.5. The number of aliphatic hydroxyl groups is 1. The summed E-state index contributed by atoms with van der Waals surface area (Å²) in [6, 6.07) is 0.545. The maximum absolute atomic E-state index is 12.6. The molecule has 10 heteroatoms. The molecule has 1 aromatic heterocycles. The second-order valence-electron chi connectivity index (χ2n) is 3.28. The molecule has 0 amide bonds. The summed E-state index contributed by atoms with van der Waals surface area (Å²) in [4.78, 5) is 2.99. The van der Waals surface area contributed by atoms with Crippen molar-refractivity contribution in [1.82, 2.24) is 4.98 Å². The van der Waals surface area contributed by atoms with Gasteiger partial charge in [0.25, 0.3) is 0 Å². The summed E-state index contributed by atoms with van der Waals surface area (Å²) in [6.45, 7) is -0.837. The average molecular weight is 354 g/mol. The van der Waals surface area contributed by atoms with Crippen molar-refractivity contribution in [3.63, 3.8) is 0 Å². The van der Waals surface area contributed by atoms with Crippen LogP contribution < -0.4 is 4.74 Å². The zero-order valence-electron chi connectivity index (χ0n) is 8.94. The predicted molar refractivity (Wildman–Crippen MR) is 54.5 cm³/mol. The molecule has 0 aliphatic rings. The molecule has 0 bridgehead atoms. The average Bonchev–Trinajstić information content (AvgIpc) is 2.24. The number of nitrogens with zero attached hydrogens (tertiary/aromatic N) is 1. The standard InChI is InChI=1S/C9H6BrF6NO2/c10-2-4-1-6(19-9(14,15)16)7(8(11,12)13)17-5(4)3-18/h1,18H,2-3H2. The summed E-state index contributed by atoms with van der Waals surface area (Å²) in [5, 5.41) is 8.77. The normalized spacial score (nSPS) is 12.6. The van der Waals surface area contributed by atoms with Gasteiger partial charge in [0.05, 0.1) is 12.3 Å². The van der Waals surface area contributed by atoms with Gasteiger partial charge in [0.15, 0.2) is 11.4 Å². The van der Waals surface area contributed by atoms with Gasteiger partial charge in [-0.25, -0.2) is 4.98 Å². The van der Waals surface area contributed by atoms with Crippen LogP contribution in [0.25, 0.3) is 0 Å². The van der Waals surface area contributed by atoms with Crippen LogP contribution in [0.3, 0.4) is 0 Å². The van der Waals surface area contributed by atoms with Crippen LogP contribution in [-0.4, -0.2) is 16.5 Å². The van der Waals surface area contributed by atoms with Crippen molar-refractivity contribution in [1.29, 1.82) is 0 Å². The number of aromatic nitrogens is 1. The molecule has 1 rings (SSSR count). The molecule has 108 valence electrons. The van der Waals surface area contributed by atoms with Crippen molar-refractivity contribution in [3.8, 4) is 5.75 Å². The number of halogens is 7. The summed E-state index contributed by atoms with van der Waals surface area (Å²) in [5.74, 6) is -1.45. The molecule has 0 atom stereocenters. The largest absolute Gasteiger partial charge is 0.573 e. The van der Waals surface area contributed by atoms with Gasteiger partial charge < -0.3 is 9.84 Å². The van der Waals surface area contributed by atoms with Gasteiger partial charge in [0.1, 0.15) is 0 Å². The fourth-order valence-electron chi connectivity index (χ4n) is 1.23. The van der Waals surface area contributed by atoms with Crippen molar-refractivity contribution in [2.24, 2.45) is 0 Å². The molecular weight excluding hydrogens is 348 g/mol. The Labute approximate surface area is 111 Å². The molecule has 0 fully saturated rings. The molecule has 0 saturated heterocycles. The number of pyridine rings is 1. The molecule has 0 radical (unpaired) electrons. The van der Waals surface area contributed by atoms with Crippen LogP contribution in [0.15, 0.2) is 6.07 Å². The lowest BCUT2D eigenvalue weighted by Crippen LogP contribution is -2.22. The van der Waals surface area contributed by atoms with Gasteiger partial charge in [0, 0.05) is 5.33 Å². The van der Waals surface area contributed by atoms with Crippen molar-refractivity contribution in [2.45, 2.75) is 24.5 Å². The first-order chi connectivity index (χ1) is 8.58. The third-order valence-electron chi connectivity index (χ3n) is 1.94. The van der Waals surface area contributed by atoms with E-state index in [1.54, 1.807) is 0 Å². The number of alkyl halides is 7. The molecule has 0 aliphatic heterocycles. The summed E-state index contributed by atoms with van der Waals surface area (Å²) in [7, 11) is 0. The molecular formula is C9H6BrF6NO2. The predicted octanol–water partition coefficient (Wildman–Crippen LogP) is 3.39. The van der Waals surface area contributed by atoms with E-state index in [9.17, 15) is 26.3 Å². The minimum absolute atomic E-state index is 0.0326. The van der Waals surface area contributed by atoms with Crippen molar-refractivity contribution in [3.05, 3.63) is 23.0 Å². The highest BCUT2D eigenvalue weighted by Gasteiger charge is 2.41. The van der Waals surface area contributed by atoms with Crippen LogP contribution in [0.2, 0.25) is 0 Å². The SMILES string of the molecule is OCc1nc(C(F)(F)F)c(OC(F)(F)F)cc1CBr. The third kappa shape index (κ3) is 4.23. The maximum Gasteiger partial charge on any atom is 0.573 e. The first-order valence-corrected chi connectivity index (χ1v) is 5.73. The lowest BCUT2D eigenvalue weighted by atomic mass is 10.2. The topological polar surface area (TPSA) is 42.4 Å². The van der Waals surface area contributed by atoms with Crippen LogP contribution in [0.1, 0.15) is 17.0 Å². The molecule has 0 saturated carbocycles. The monoisotopic (exact) mass is 353 g/mol. The van der Waals surface area contributed by atoms with E-state index >= 15 is 0 Å². The van der Waals surface area contributed by atoms with Gasteiger partial charge in [0.2, 0.25) is 0 Å². The molecule has 0 aromatic carbocycles. The summed E-state index contributed by atoms with van der Waals surface area (Å²) in [6.07, 6.45) is -10.4. The van der Waals surface area contributed by atoms with Crippen molar-refractivity contribution >= 4 is 15.9 Å². The Balaban J connectivity index is 3.41. The second-order valence-corrected chi connectivity index (χ2v) is 3.84. The van der Waals surface area contributed by atoms with Crippen LogP contribution in [-0.2, 0) is 18.1 Å². The maximum atomic E-state index is 12.6. The molecule has 19 heavy (non-hydrogen) atoms. The van der Waals surface area contributed by atoms with E-state index in [0.29, 0.717) is 6.07 Å². The van der Waals surface area contributed by atoms with E-state index < -0.39 is 30.6 Å². The Bertz CT molecular complexity index is 459. The van der Waals surface area contributed by atoms with Crippen LogP contribution in [0.4, 0.5) is 26.3 Å². The Morgan fingerprint density at radius 3 is 2.16 bits per heavy atom. The van der Waals surface area contributed by atoms with Crippen molar-refractivity contribution in [2.75, 3.05) is 0 Å². The lowest BCUT2D eigenvalue weighted by Gasteiger charge is -2.17. The minimum Gasteiger partial charge on any atom is -0.403 e. The second kappa shape index (κ2) is 5.53. The van der Waals surface area contributed by atoms with E-state index in [1.807, 2.05) is 0 Å². The van der Waals surface area contributed by atoms with Crippen LogP contribution in [0, 0.1) is 0 Å². The molecule has 0 spiro atoms. The highest BCUT2D eigenvalue weighted by molar-refractivity contribution is 9.08. The third-order valence-corrected chi connectivity index (χ3v) is 2.55. The van der Waals surface area contributed by atoms with Gasteiger partial charge in [-0.05, 0) is 11.6 Å². The molecule has 0 unspecified atom stereocenters. The number of ether oxygens (including phenoxy) is 1. The first-order valence-electron chi connectivity index (χ1n) is 4.61. The van der Waals surface area contributed by atoms with Crippen molar-refractivity contribution < 1.29 is 36.2 Å². The molecule has 0 aliphatic carbocycles. The van der Waals surface area contributed by atoms with Gasteiger partial charge in [-0.15, -0.1) is 13.2 Å². The number of hydrogen-bond donors (Lipinski definition) is 1. The smallest absolute Gasteiger partial charge is 0.403 e. The molecule has 1 aromatic rings. The summed E-state index contributed by atoms with van der Waals surface area (Å²) in [5.41, 5.74) is -2.24. The van der Waals surface area contributed by atoms with Gasteiger partial charge in [-0.3, -0.25) is 0 Å². The van der Waals surface area contributed by atoms with Crippen LogP contribution >= 0.6 is 15.9 Å². The Morgan fingerprint density at radius 1 is 1.21 bits per heavy atom. The van der Waals surface area contributed by atoms with E-state index in [2.05, 4.69) is 25.7 Å². The van der Waals surface area contributed by atoms with Gasteiger partial charge >= 0.3 is 12.5 Å². The molecule has 3 nitrogen and oxygen atoms in total. The highest BCUT2D eigenvalue weighted by atomic mass is 79.9. The van der Waals surface area contributed by atoms with E-state index in [4.69, 9.17) is 5.11 Å². The number of hydrogen-bond acceptors (Lipinski definition) is 3. The molecule has 1 heterocycles. The zero-order chi connectivity index (χ0) is 14.8. The number of rotatable bonds is 3. The van der Waals surface area contributed by atoms with Gasteiger partial charge in [-0.1, -0.05) is 15.9 Å². The fraction of sp³-hybridized carbons (Fsp3) is 0.444. The fourth-order valence-corrected chi connectivity index (χ4v) is 1.72. The van der Waals surface area contributed by atoms with E-state index in [-0.39, 0.29) is 16.6 Å². The first kappa shape index (κ1) is 16.0. The van der Waals surface area contributed by atoms with Crippen LogP contribution in [0.5, 0.6) is 5.75 Å². The van der Waals surface area contributed by atoms with E-state index in [1.165, 1.54) is 0 Å². The summed E-state index contributed by atoms with van der Waals surface area (Å²) >= 11 is 2.87. The van der Waals surface area contributed by atoms with E-state index in [0.717, 1.165) is 0 Å². The summed E-state index contributed by atoms with van der Waals surface area (Å²) < 4.78 is 77.2. The van der Waals surface area contributed by atoms with Gasteiger partial charge in [-0.2, -0.15) is 13.2 Å². The quantitative estimate of drug-likeness (QED) is 0.669.